The van der Waals surface area contributed by atoms with E-state index in [9.17, 15) is 4.79 Å². The van der Waals surface area contributed by atoms with E-state index in [1.54, 1.807) is 0 Å². The Kier molecular flexibility index (Phi) is 3.73. The number of rotatable bonds is 3. The molecular formula is C14H18NO. The maximum Gasteiger partial charge on any atom is 0.233 e. The zero-order chi connectivity index (χ0) is 11.4. The molecule has 2 nitrogen and oxygen atoms in total. The van der Waals surface area contributed by atoms with Crippen LogP contribution in [0, 0.1) is 5.92 Å². The Morgan fingerprint density at radius 1 is 1.25 bits per heavy atom. The molecule has 0 atom stereocenters. The largest absolute Gasteiger partial charge is 0.299 e. The highest BCUT2D eigenvalue weighted by atomic mass is 16.1. The molecule has 0 N–H and O–H groups in total. The molecule has 2 heteroatoms. The van der Waals surface area contributed by atoms with Gasteiger partial charge in [-0.1, -0.05) is 31.2 Å². The van der Waals surface area contributed by atoms with Gasteiger partial charge < -0.3 is 0 Å². The summed E-state index contributed by atoms with van der Waals surface area (Å²) in [5.41, 5.74) is 1.92. The van der Waals surface area contributed by atoms with E-state index >= 15 is 0 Å². The third-order valence-corrected chi connectivity index (χ3v) is 3.35. The van der Waals surface area contributed by atoms with Crippen LogP contribution in [0.3, 0.4) is 0 Å². The van der Waals surface area contributed by atoms with Crippen molar-refractivity contribution in [2.45, 2.75) is 26.3 Å². The average Bonchev–Trinajstić information content (AvgIpc) is 2.33. The Labute approximate surface area is 97.3 Å². The standard InChI is InChI=1S/C14H18NO/c1-12-6-8-15(9-7-12)10-13-2-4-14(11-16)5-3-13/h2-5,12H,6-10H2,1H3. The number of likely N-dealkylation sites (tertiary alicyclic amines) is 1. The van der Waals surface area contributed by atoms with Gasteiger partial charge in [0.25, 0.3) is 0 Å². The smallest absolute Gasteiger partial charge is 0.233 e. The molecule has 1 aliphatic rings. The van der Waals surface area contributed by atoms with Gasteiger partial charge in [0.2, 0.25) is 6.29 Å². The number of hydrogen-bond acceptors (Lipinski definition) is 2. The molecule has 1 aromatic carbocycles. The molecule has 0 aliphatic carbocycles. The van der Waals surface area contributed by atoms with Crippen molar-refractivity contribution < 1.29 is 4.79 Å². The second kappa shape index (κ2) is 5.26. The van der Waals surface area contributed by atoms with E-state index in [-0.39, 0.29) is 0 Å². The first-order valence-electron chi connectivity index (χ1n) is 5.97. The van der Waals surface area contributed by atoms with E-state index in [1.807, 2.05) is 30.6 Å². The van der Waals surface area contributed by atoms with Gasteiger partial charge in [-0.2, -0.15) is 0 Å². The molecule has 1 heterocycles. The first-order chi connectivity index (χ1) is 7.78. The lowest BCUT2D eigenvalue weighted by Crippen LogP contribution is -2.32. The first-order valence-corrected chi connectivity index (χ1v) is 5.97. The highest BCUT2D eigenvalue weighted by Crippen LogP contribution is 2.18. The molecule has 0 amide bonds. The van der Waals surface area contributed by atoms with E-state index in [0.29, 0.717) is 5.56 Å². The van der Waals surface area contributed by atoms with Crippen LogP contribution in [0.25, 0.3) is 0 Å². The maximum absolute atomic E-state index is 10.4. The van der Waals surface area contributed by atoms with E-state index in [1.165, 1.54) is 31.5 Å². The van der Waals surface area contributed by atoms with Crippen LogP contribution in [0.1, 0.15) is 30.9 Å². The van der Waals surface area contributed by atoms with Gasteiger partial charge in [-0.25, -0.2) is 0 Å². The van der Waals surface area contributed by atoms with Gasteiger partial charge in [0, 0.05) is 12.1 Å². The van der Waals surface area contributed by atoms with Gasteiger partial charge >= 0.3 is 0 Å². The molecule has 1 aromatic rings. The fourth-order valence-electron chi connectivity index (χ4n) is 2.16. The summed E-state index contributed by atoms with van der Waals surface area (Å²) in [5, 5.41) is 0. The van der Waals surface area contributed by atoms with Crippen LogP contribution >= 0.6 is 0 Å². The molecule has 85 valence electrons. The first kappa shape index (κ1) is 11.3. The molecule has 1 fully saturated rings. The minimum atomic E-state index is 0.635. The zero-order valence-electron chi connectivity index (χ0n) is 9.78. The van der Waals surface area contributed by atoms with Crippen LogP contribution in [0.4, 0.5) is 0 Å². The third kappa shape index (κ3) is 2.92. The van der Waals surface area contributed by atoms with Gasteiger partial charge in [-0.05, 0) is 37.4 Å². The molecule has 1 saturated heterocycles. The van der Waals surface area contributed by atoms with Crippen LogP contribution in [0.15, 0.2) is 24.3 Å². The van der Waals surface area contributed by atoms with E-state index in [4.69, 9.17) is 0 Å². The van der Waals surface area contributed by atoms with Crippen molar-refractivity contribution in [1.82, 2.24) is 4.90 Å². The minimum Gasteiger partial charge on any atom is -0.299 e. The summed E-state index contributed by atoms with van der Waals surface area (Å²) >= 11 is 0. The van der Waals surface area contributed by atoms with Crippen molar-refractivity contribution in [3.63, 3.8) is 0 Å². The Morgan fingerprint density at radius 2 is 1.88 bits per heavy atom. The molecule has 0 bridgehead atoms. The Morgan fingerprint density at radius 3 is 2.44 bits per heavy atom. The van der Waals surface area contributed by atoms with Gasteiger partial charge in [-0.3, -0.25) is 9.69 Å². The third-order valence-electron chi connectivity index (χ3n) is 3.35. The van der Waals surface area contributed by atoms with Crippen molar-refractivity contribution in [3.8, 4) is 0 Å². The van der Waals surface area contributed by atoms with Crippen LogP contribution in [0.5, 0.6) is 0 Å². The van der Waals surface area contributed by atoms with Crippen molar-refractivity contribution in [2.24, 2.45) is 5.92 Å². The molecule has 0 aromatic heterocycles. The summed E-state index contributed by atoms with van der Waals surface area (Å²) < 4.78 is 0. The number of hydrogen-bond donors (Lipinski definition) is 0. The normalized spacial score (nSPS) is 18.6. The number of carbonyl (C=O) groups excluding carboxylic acids is 1. The van der Waals surface area contributed by atoms with Gasteiger partial charge in [0.05, 0.1) is 0 Å². The van der Waals surface area contributed by atoms with Crippen molar-refractivity contribution in [3.05, 3.63) is 35.4 Å². The molecule has 1 aliphatic heterocycles. The fourth-order valence-corrected chi connectivity index (χ4v) is 2.16. The Balaban J connectivity index is 1.91. The maximum atomic E-state index is 10.4. The monoisotopic (exact) mass is 216 g/mol. The molecule has 0 saturated carbocycles. The lowest BCUT2D eigenvalue weighted by molar-refractivity contribution is 0.185. The highest BCUT2D eigenvalue weighted by molar-refractivity contribution is 5.75. The predicted octanol–water partition coefficient (Wildman–Crippen LogP) is 2.38. The molecule has 1 radical (unpaired) electrons. The van der Waals surface area contributed by atoms with Gasteiger partial charge in [-0.15, -0.1) is 0 Å². The van der Waals surface area contributed by atoms with Crippen molar-refractivity contribution in [1.29, 1.82) is 0 Å². The molecule has 2 rings (SSSR count). The Bertz CT molecular complexity index is 336. The van der Waals surface area contributed by atoms with Crippen LogP contribution in [0.2, 0.25) is 0 Å². The molecular weight excluding hydrogens is 198 g/mol. The zero-order valence-corrected chi connectivity index (χ0v) is 9.78. The lowest BCUT2D eigenvalue weighted by Gasteiger charge is -2.30. The summed E-state index contributed by atoms with van der Waals surface area (Å²) in [6, 6.07) is 7.74. The Hall–Kier alpha value is -1.15. The number of benzene rings is 1. The summed E-state index contributed by atoms with van der Waals surface area (Å²) in [7, 11) is 0. The van der Waals surface area contributed by atoms with Crippen molar-refractivity contribution in [2.75, 3.05) is 13.1 Å². The highest BCUT2D eigenvalue weighted by Gasteiger charge is 2.15. The summed E-state index contributed by atoms with van der Waals surface area (Å²) in [4.78, 5) is 12.9. The molecule has 0 spiro atoms. The van der Waals surface area contributed by atoms with E-state index in [2.05, 4.69) is 11.8 Å². The van der Waals surface area contributed by atoms with Crippen LogP contribution in [-0.2, 0) is 11.3 Å². The summed E-state index contributed by atoms with van der Waals surface area (Å²) in [6.07, 6.45) is 4.51. The van der Waals surface area contributed by atoms with Crippen LogP contribution < -0.4 is 0 Å². The van der Waals surface area contributed by atoms with E-state index in [0.717, 1.165) is 12.5 Å². The minimum absolute atomic E-state index is 0.635. The second-order valence-corrected chi connectivity index (χ2v) is 4.76. The average molecular weight is 216 g/mol. The number of nitrogens with zero attached hydrogens (tertiary/aromatic N) is 1. The van der Waals surface area contributed by atoms with Crippen LogP contribution in [-0.4, -0.2) is 24.3 Å². The summed E-state index contributed by atoms with van der Waals surface area (Å²) in [6.45, 7) is 5.73. The topological polar surface area (TPSA) is 20.3 Å². The number of piperidine rings is 1. The second-order valence-electron chi connectivity index (χ2n) is 4.76. The molecule has 0 unspecified atom stereocenters. The van der Waals surface area contributed by atoms with Gasteiger partial charge in [0.15, 0.2) is 0 Å². The SMILES string of the molecule is CC1CCN(Cc2ccc([C]=O)cc2)CC1. The fraction of sp³-hybridized carbons (Fsp3) is 0.500. The molecule has 16 heavy (non-hydrogen) atoms. The van der Waals surface area contributed by atoms with Crippen molar-refractivity contribution >= 4 is 6.29 Å². The quantitative estimate of drug-likeness (QED) is 0.773. The lowest BCUT2D eigenvalue weighted by atomic mass is 9.99. The summed E-state index contributed by atoms with van der Waals surface area (Å²) in [5.74, 6) is 0.878. The van der Waals surface area contributed by atoms with E-state index < -0.39 is 0 Å². The predicted molar refractivity (Wildman–Crippen MR) is 64.9 cm³/mol. The van der Waals surface area contributed by atoms with Gasteiger partial charge in [0.1, 0.15) is 0 Å².